The standard InChI is InChI=1S/C16H20FNO3/c1-10(9-17)18-16(20)15-11(2)21-14(19)8-13(15)5-3-4-12-6-7-12/h8,12H,1,3-7,9H2,2H3,(H,18,20). The zero-order valence-corrected chi connectivity index (χ0v) is 12.2. The van der Waals surface area contributed by atoms with Crippen LogP contribution in [-0.2, 0) is 6.42 Å². The van der Waals surface area contributed by atoms with Crippen molar-refractivity contribution in [3.63, 3.8) is 0 Å². The summed E-state index contributed by atoms with van der Waals surface area (Å²) in [5, 5.41) is 2.39. The molecule has 1 aliphatic rings. The van der Waals surface area contributed by atoms with Crippen LogP contribution in [0.25, 0.3) is 0 Å². The first-order valence-electron chi connectivity index (χ1n) is 7.20. The van der Waals surface area contributed by atoms with Gasteiger partial charge in [0.1, 0.15) is 12.4 Å². The van der Waals surface area contributed by atoms with Crippen LogP contribution in [0.1, 0.15) is 47.4 Å². The molecule has 0 saturated heterocycles. The number of hydrogen-bond acceptors (Lipinski definition) is 3. The molecule has 1 amide bonds. The molecule has 0 unspecified atom stereocenters. The van der Waals surface area contributed by atoms with E-state index in [9.17, 15) is 14.0 Å². The van der Waals surface area contributed by atoms with E-state index in [4.69, 9.17) is 4.42 Å². The molecule has 0 spiro atoms. The van der Waals surface area contributed by atoms with Crippen LogP contribution in [0.15, 0.2) is 27.6 Å². The molecular formula is C16H20FNO3. The van der Waals surface area contributed by atoms with E-state index in [-0.39, 0.29) is 11.5 Å². The van der Waals surface area contributed by atoms with Gasteiger partial charge < -0.3 is 9.73 Å². The van der Waals surface area contributed by atoms with Gasteiger partial charge in [0.25, 0.3) is 5.91 Å². The van der Waals surface area contributed by atoms with E-state index in [0.717, 1.165) is 18.8 Å². The number of nitrogens with one attached hydrogen (secondary N) is 1. The van der Waals surface area contributed by atoms with Crippen molar-refractivity contribution in [2.24, 2.45) is 5.92 Å². The third kappa shape index (κ3) is 4.28. The van der Waals surface area contributed by atoms with Crippen LogP contribution >= 0.6 is 0 Å². The number of alkyl halides is 1. The largest absolute Gasteiger partial charge is 0.427 e. The predicted octanol–water partition coefficient (Wildman–Crippen LogP) is 2.89. The molecule has 1 heterocycles. The maximum atomic E-state index is 12.4. The fraction of sp³-hybridized carbons (Fsp3) is 0.500. The van der Waals surface area contributed by atoms with Crippen LogP contribution in [0.4, 0.5) is 4.39 Å². The van der Waals surface area contributed by atoms with Crippen LogP contribution in [0.5, 0.6) is 0 Å². The van der Waals surface area contributed by atoms with Crippen molar-refractivity contribution in [3.8, 4) is 0 Å². The van der Waals surface area contributed by atoms with Crippen LogP contribution in [0, 0.1) is 12.8 Å². The highest BCUT2D eigenvalue weighted by Gasteiger charge is 2.22. The topological polar surface area (TPSA) is 59.3 Å². The fourth-order valence-corrected chi connectivity index (χ4v) is 2.42. The summed E-state index contributed by atoms with van der Waals surface area (Å²) < 4.78 is 17.4. The van der Waals surface area contributed by atoms with E-state index in [2.05, 4.69) is 11.9 Å². The molecule has 0 aliphatic heterocycles. The van der Waals surface area contributed by atoms with Gasteiger partial charge in [-0.3, -0.25) is 4.79 Å². The Bertz CT molecular complexity index is 602. The van der Waals surface area contributed by atoms with Crippen molar-refractivity contribution in [2.75, 3.05) is 6.67 Å². The number of carbonyl (C=O) groups is 1. The Labute approximate surface area is 123 Å². The van der Waals surface area contributed by atoms with Crippen molar-refractivity contribution in [1.29, 1.82) is 0 Å². The van der Waals surface area contributed by atoms with Gasteiger partial charge in [0.15, 0.2) is 0 Å². The van der Waals surface area contributed by atoms with Crippen molar-refractivity contribution >= 4 is 5.91 Å². The summed E-state index contributed by atoms with van der Waals surface area (Å²) >= 11 is 0. The second-order valence-electron chi connectivity index (χ2n) is 5.55. The first-order valence-corrected chi connectivity index (χ1v) is 7.20. The van der Waals surface area contributed by atoms with Crippen molar-refractivity contribution in [3.05, 3.63) is 45.6 Å². The lowest BCUT2D eigenvalue weighted by atomic mass is 10.0. The number of allylic oxidation sites excluding steroid dienone is 1. The van der Waals surface area contributed by atoms with Crippen LogP contribution in [0.3, 0.4) is 0 Å². The number of rotatable bonds is 7. The first-order chi connectivity index (χ1) is 10.0. The average Bonchev–Trinajstić information content (AvgIpc) is 3.21. The lowest BCUT2D eigenvalue weighted by molar-refractivity contribution is 0.0959. The Morgan fingerprint density at radius 2 is 2.24 bits per heavy atom. The molecule has 2 rings (SSSR count). The highest BCUT2D eigenvalue weighted by Crippen LogP contribution is 2.34. The molecule has 114 valence electrons. The molecular weight excluding hydrogens is 273 g/mol. The Morgan fingerprint density at radius 3 is 2.86 bits per heavy atom. The summed E-state index contributed by atoms with van der Waals surface area (Å²) in [7, 11) is 0. The molecule has 21 heavy (non-hydrogen) atoms. The quantitative estimate of drug-likeness (QED) is 0.841. The molecule has 1 saturated carbocycles. The third-order valence-corrected chi connectivity index (χ3v) is 3.65. The van der Waals surface area contributed by atoms with Gasteiger partial charge in [-0.1, -0.05) is 25.8 Å². The number of amides is 1. The summed E-state index contributed by atoms with van der Waals surface area (Å²) in [4.78, 5) is 23.7. The summed E-state index contributed by atoms with van der Waals surface area (Å²) in [6.07, 6.45) is 5.24. The maximum Gasteiger partial charge on any atom is 0.336 e. The average molecular weight is 293 g/mol. The van der Waals surface area contributed by atoms with Gasteiger partial charge in [-0.15, -0.1) is 0 Å². The van der Waals surface area contributed by atoms with Crippen molar-refractivity contribution in [2.45, 2.75) is 39.0 Å². The fourth-order valence-electron chi connectivity index (χ4n) is 2.42. The number of hydrogen-bond donors (Lipinski definition) is 1. The van der Waals surface area contributed by atoms with Gasteiger partial charge in [-0.05, 0) is 31.2 Å². The molecule has 1 N–H and O–H groups in total. The smallest absolute Gasteiger partial charge is 0.336 e. The molecule has 1 fully saturated rings. The molecule has 1 aromatic rings. The van der Waals surface area contributed by atoms with Crippen molar-refractivity contribution in [1.82, 2.24) is 5.32 Å². The Balaban J connectivity index is 2.17. The molecule has 4 nitrogen and oxygen atoms in total. The van der Waals surface area contributed by atoms with Crippen LogP contribution < -0.4 is 10.9 Å². The minimum Gasteiger partial charge on any atom is -0.427 e. The van der Waals surface area contributed by atoms with E-state index in [1.54, 1.807) is 6.92 Å². The second kappa shape index (κ2) is 6.70. The van der Waals surface area contributed by atoms with E-state index < -0.39 is 18.2 Å². The summed E-state index contributed by atoms with van der Waals surface area (Å²) in [5.41, 5.74) is 0.512. The van der Waals surface area contributed by atoms with Crippen LogP contribution in [-0.4, -0.2) is 12.6 Å². The predicted molar refractivity (Wildman–Crippen MR) is 78.0 cm³/mol. The minimum atomic E-state index is -0.821. The summed E-state index contributed by atoms with van der Waals surface area (Å²) in [6.45, 7) is 4.16. The molecule has 0 aromatic carbocycles. The zero-order valence-electron chi connectivity index (χ0n) is 12.2. The molecule has 0 bridgehead atoms. The van der Waals surface area contributed by atoms with Gasteiger partial charge in [-0.2, -0.15) is 0 Å². The van der Waals surface area contributed by atoms with Crippen molar-refractivity contribution < 1.29 is 13.6 Å². The highest BCUT2D eigenvalue weighted by molar-refractivity contribution is 5.97. The van der Waals surface area contributed by atoms with Gasteiger partial charge in [0, 0.05) is 11.8 Å². The van der Waals surface area contributed by atoms with Gasteiger partial charge >= 0.3 is 5.63 Å². The molecule has 0 radical (unpaired) electrons. The van der Waals surface area contributed by atoms with E-state index in [0.29, 0.717) is 17.5 Å². The zero-order chi connectivity index (χ0) is 15.4. The van der Waals surface area contributed by atoms with Gasteiger partial charge in [-0.25, -0.2) is 9.18 Å². The third-order valence-electron chi connectivity index (χ3n) is 3.65. The van der Waals surface area contributed by atoms with Crippen LogP contribution in [0.2, 0.25) is 0 Å². The molecule has 0 atom stereocenters. The minimum absolute atomic E-state index is 0.00506. The highest BCUT2D eigenvalue weighted by atomic mass is 19.1. The first kappa shape index (κ1) is 15.5. The van der Waals surface area contributed by atoms with Gasteiger partial charge in [0.05, 0.1) is 5.56 Å². The molecule has 1 aliphatic carbocycles. The maximum absolute atomic E-state index is 12.4. The number of carbonyl (C=O) groups excluding carboxylic acids is 1. The van der Waals surface area contributed by atoms with E-state index in [1.165, 1.54) is 18.9 Å². The van der Waals surface area contributed by atoms with E-state index in [1.807, 2.05) is 0 Å². The van der Waals surface area contributed by atoms with Gasteiger partial charge in [0.2, 0.25) is 0 Å². The second-order valence-corrected chi connectivity index (χ2v) is 5.55. The lowest BCUT2D eigenvalue weighted by Crippen LogP contribution is -2.26. The molecule has 5 heteroatoms. The number of halogens is 1. The lowest BCUT2D eigenvalue weighted by Gasteiger charge is -2.11. The Hall–Kier alpha value is -1.91. The van der Waals surface area contributed by atoms with E-state index >= 15 is 0 Å². The molecule has 1 aromatic heterocycles. The Kier molecular flexibility index (Phi) is 4.94. The normalized spacial score (nSPS) is 14.0. The number of aryl methyl sites for hydroxylation is 2. The summed E-state index contributed by atoms with van der Waals surface area (Å²) in [5.74, 6) is 0.586. The SMILES string of the molecule is C=C(CF)NC(=O)c1c(CCCC2CC2)cc(=O)oc1C. The monoisotopic (exact) mass is 293 g/mol. The Morgan fingerprint density at radius 1 is 1.52 bits per heavy atom. The summed E-state index contributed by atoms with van der Waals surface area (Å²) in [6, 6.07) is 1.35.